The first-order valence-electron chi connectivity index (χ1n) is 9.33. The van der Waals surface area contributed by atoms with Crippen molar-refractivity contribution in [2.45, 2.75) is 52.9 Å². The van der Waals surface area contributed by atoms with Gasteiger partial charge in [0.25, 0.3) is 0 Å². The first-order valence-corrected chi connectivity index (χ1v) is 9.33. The topological polar surface area (TPSA) is 47.9 Å². The molecule has 140 valence electrons. The van der Waals surface area contributed by atoms with Gasteiger partial charge in [0.1, 0.15) is 0 Å². The molecule has 0 atom stereocenters. The lowest BCUT2D eigenvalue weighted by Gasteiger charge is -2.41. The lowest BCUT2D eigenvalue weighted by atomic mass is 9.65. The lowest BCUT2D eigenvalue weighted by molar-refractivity contribution is -0.131. The quantitative estimate of drug-likeness (QED) is 0.352. The number of carbonyl (C=O) groups is 1. The van der Waals surface area contributed by atoms with Gasteiger partial charge in [-0.3, -0.25) is 9.79 Å². The van der Waals surface area contributed by atoms with Gasteiger partial charge in [0.2, 0.25) is 5.91 Å². The first-order chi connectivity index (χ1) is 11.1. The Morgan fingerprint density at radius 2 is 1.83 bits per heavy atom. The predicted molar refractivity (Wildman–Crippen MR) is 111 cm³/mol. The number of guanidine groups is 1. The van der Waals surface area contributed by atoms with Crippen molar-refractivity contribution in [2.24, 2.45) is 16.3 Å². The number of amides is 1. The summed E-state index contributed by atoms with van der Waals surface area (Å²) in [4.78, 5) is 21.1. The predicted octanol–water partition coefficient (Wildman–Crippen LogP) is 2.95. The van der Waals surface area contributed by atoms with Gasteiger partial charge in [0.15, 0.2) is 5.96 Å². The maximum absolute atomic E-state index is 12.3. The molecule has 2 saturated carbocycles. The molecule has 0 aromatic carbocycles. The number of likely N-dealkylation sites (N-methyl/N-ethyl adjacent to an activating group) is 2. The van der Waals surface area contributed by atoms with E-state index in [9.17, 15) is 4.79 Å². The van der Waals surface area contributed by atoms with Crippen molar-refractivity contribution in [1.82, 2.24) is 15.1 Å². The van der Waals surface area contributed by atoms with Gasteiger partial charge < -0.3 is 15.1 Å². The summed E-state index contributed by atoms with van der Waals surface area (Å²) in [6.07, 6.45) is 6.81. The summed E-state index contributed by atoms with van der Waals surface area (Å²) < 4.78 is 0. The zero-order valence-corrected chi connectivity index (χ0v) is 18.1. The fourth-order valence-electron chi connectivity index (χ4n) is 3.68. The summed E-state index contributed by atoms with van der Waals surface area (Å²) in [6, 6.07) is 0. The maximum atomic E-state index is 12.3. The third-order valence-corrected chi connectivity index (χ3v) is 5.52. The third kappa shape index (κ3) is 5.23. The number of carbonyl (C=O) groups excluding carboxylic acids is 1. The monoisotopic (exact) mass is 450 g/mol. The van der Waals surface area contributed by atoms with E-state index in [2.05, 4.69) is 12.2 Å². The SMILES string of the molecule is CCNC(=NCC1(C2CC2)CCC1)N(C)CC(=O)N(CC)CC.I. The molecule has 2 aliphatic carbocycles. The van der Waals surface area contributed by atoms with Gasteiger partial charge in [0.05, 0.1) is 6.54 Å². The van der Waals surface area contributed by atoms with Crippen LogP contribution in [0.1, 0.15) is 52.9 Å². The second-order valence-corrected chi connectivity index (χ2v) is 7.08. The van der Waals surface area contributed by atoms with E-state index < -0.39 is 0 Å². The van der Waals surface area contributed by atoms with Crippen LogP contribution < -0.4 is 5.32 Å². The van der Waals surface area contributed by atoms with Crippen molar-refractivity contribution in [3.8, 4) is 0 Å². The standard InChI is InChI=1S/C18H34N4O.HI/c1-5-19-17(21(4)13-16(23)22(6-2)7-3)20-14-18(11-8-12-18)15-9-10-15;/h15H,5-14H2,1-4H3,(H,19,20);1H. The minimum absolute atomic E-state index is 0. The average molecular weight is 450 g/mol. The molecule has 0 unspecified atom stereocenters. The summed E-state index contributed by atoms with van der Waals surface area (Å²) in [5, 5.41) is 3.35. The Labute approximate surface area is 164 Å². The molecule has 0 saturated heterocycles. The van der Waals surface area contributed by atoms with Crippen molar-refractivity contribution >= 4 is 35.8 Å². The van der Waals surface area contributed by atoms with Crippen molar-refractivity contribution in [1.29, 1.82) is 0 Å². The van der Waals surface area contributed by atoms with E-state index in [0.717, 1.165) is 38.1 Å². The van der Waals surface area contributed by atoms with E-state index in [4.69, 9.17) is 4.99 Å². The lowest BCUT2D eigenvalue weighted by Crippen LogP contribution is -2.46. The van der Waals surface area contributed by atoms with Crippen molar-refractivity contribution < 1.29 is 4.79 Å². The molecule has 0 spiro atoms. The summed E-state index contributed by atoms with van der Waals surface area (Å²) in [7, 11) is 1.97. The maximum Gasteiger partial charge on any atom is 0.242 e. The zero-order valence-electron chi connectivity index (χ0n) is 15.8. The van der Waals surface area contributed by atoms with Crippen LogP contribution in [0.3, 0.4) is 0 Å². The van der Waals surface area contributed by atoms with E-state index in [1.165, 1.54) is 32.1 Å². The minimum atomic E-state index is 0. The van der Waals surface area contributed by atoms with Gasteiger partial charge in [0, 0.05) is 33.2 Å². The molecule has 1 amide bonds. The molecule has 0 heterocycles. The second kappa shape index (κ2) is 9.82. The number of halogens is 1. The van der Waals surface area contributed by atoms with Gasteiger partial charge in [-0.25, -0.2) is 0 Å². The molecule has 0 aromatic heterocycles. The van der Waals surface area contributed by atoms with Crippen LogP contribution in [-0.2, 0) is 4.79 Å². The highest BCUT2D eigenvalue weighted by Crippen LogP contribution is 2.57. The Kier molecular flexibility index (Phi) is 8.81. The number of aliphatic imine (C=N–C) groups is 1. The molecule has 0 aliphatic heterocycles. The molecule has 2 aliphatic rings. The first kappa shape index (κ1) is 21.5. The van der Waals surface area contributed by atoms with Crippen LogP contribution in [0.15, 0.2) is 4.99 Å². The van der Waals surface area contributed by atoms with Gasteiger partial charge in [-0.15, -0.1) is 24.0 Å². The van der Waals surface area contributed by atoms with Crippen LogP contribution in [0.25, 0.3) is 0 Å². The molecule has 2 rings (SSSR count). The van der Waals surface area contributed by atoms with E-state index in [1.807, 2.05) is 30.7 Å². The third-order valence-electron chi connectivity index (χ3n) is 5.52. The fourth-order valence-corrected chi connectivity index (χ4v) is 3.68. The van der Waals surface area contributed by atoms with Crippen LogP contribution in [-0.4, -0.2) is 61.4 Å². The van der Waals surface area contributed by atoms with E-state index in [0.29, 0.717) is 12.0 Å². The van der Waals surface area contributed by atoms with Crippen LogP contribution in [0.4, 0.5) is 0 Å². The van der Waals surface area contributed by atoms with Gasteiger partial charge in [-0.1, -0.05) is 6.42 Å². The molecular weight excluding hydrogens is 415 g/mol. The highest BCUT2D eigenvalue weighted by Gasteiger charge is 2.48. The average Bonchev–Trinajstić information content (AvgIpc) is 3.31. The summed E-state index contributed by atoms with van der Waals surface area (Å²) in [6.45, 7) is 9.80. The number of nitrogens with one attached hydrogen (secondary N) is 1. The van der Waals surface area contributed by atoms with Crippen molar-refractivity contribution in [3.63, 3.8) is 0 Å². The summed E-state index contributed by atoms with van der Waals surface area (Å²) >= 11 is 0. The van der Waals surface area contributed by atoms with Crippen LogP contribution in [0, 0.1) is 11.3 Å². The summed E-state index contributed by atoms with van der Waals surface area (Å²) in [5.41, 5.74) is 0.477. The van der Waals surface area contributed by atoms with Gasteiger partial charge in [-0.2, -0.15) is 0 Å². The molecule has 0 aromatic rings. The highest BCUT2D eigenvalue weighted by atomic mass is 127. The molecular formula is C18H35IN4O. The smallest absolute Gasteiger partial charge is 0.242 e. The van der Waals surface area contributed by atoms with Crippen molar-refractivity contribution in [3.05, 3.63) is 0 Å². The Bertz CT molecular complexity index is 429. The highest BCUT2D eigenvalue weighted by molar-refractivity contribution is 14.0. The van der Waals surface area contributed by atoms with Gasteiger partial charge in [-0.05, 0) is 57.8 Å². The fraction of sp³-hybridized carbons (Fsp3) is 0.889. The minimum Gasteiger partial charge on any atom is -0.357 e. The zero-order chi connectivity index (χ0) is 16.9. The van der Waals surface area contributed by atoms with Gasteiger partial charge >= 0.3 is 0 Å². The Morgan fingerprint density at radius 1 is 1.21 bits per heavy atom. The normalized spacial score (nSPS) is 19.1. The second-order valence-electron chi connectivity index (χ2n) is 7.08. The van der Waals surface area contributed by atoms with E-state index in [1.54, 1.807) is 0 Å². The van der Waals surface area contributed by atoms with E-state index >= 15 is 0 Å². The number of nitrogens with zero attached hydrogens (tertiary/aromatic N) is 3. The molecule has 0 radical (unpaired) electrons. The Hall–Kier alpha value is -0.530. The molecule has 5 nitrogen and oxygen atoms in total. The molecule has 6 heteroatoms. The number of hydrogen-bond acceptors (Lipinski definition) is 2. The van der Waals surface area contributed by atoms with Crippen molar-refractivity contribution in [2.75, 3.05) is 39.8 Å². The largest absolute Gasteiger partial charge is 0.357 e. The summed E-state index contributed by atoms with van der Waals surface area (Å²) in [5.74, 6) is 1.95. The van der Waals surface area contributed by atoms with Crippen LogP contribution >= 0.6 is 24.0 Å². The molecule has 1 N–H and O–H groups in total. The molecule has 24 heavy (non-hydrogen) atoms. The van der Waals surface area contributed by atoms with Crippen LogP contribution in [0.2, 0.25) is 0 Å². The number of rotatable bonds is 8. The number of hydrogen-bond donors (Lipinski definition) is 1. The van der Waals surface area contributed by atoms with Crippen LogP contribution in [0.5, 0.6) is 0 Å². The Morgan fingerprint density at radius 3 is 2.25 bits per heavy atom. The van der Waals surface area contributed by atoms with E-state index in [-0.39, 0.29) is 29.9 Å². The molecule has 0 bridgehead atoms. The molecule has 2 fully saturated rings. The Balaban J connectivity index is 0.00000288.